The molecule has 0 saturated carbocycles. The number of nitrogens with zero attached hydrogens (tertiary/aromatic N) is 4. The van der Waals surface area contributed by atoms with Crippen LogP contribution in [0.3, 0.4) is 0 Å². The number of carbonyl (C=O) groups is 1. The van der Waals surface area contributed by atoms with Gasteiger partial charge in [-0.25, -0.2) is 18.4 Å². The number of benzene rings is 1. The molecule has 0 unspecified atom stereocenters. The fourth-order valence-corrected chi connectivity index (χ4v) is 3.11. The van der Waals surface area contributed by atoms with E-state index in [1.807, 2.05) is 6.92 Å². The number of nitrogens with two attached hydrogens (primary N) is 1. The summed E-state index contributed by atoms with van der Waals surface area (Å²) in [6.45, 7) is 1.81. The average molecular weight is 386 g/mol. The number of carbonyl (C=O) groups excluding carboxylic acids is 1. The Morgan fingerprint density at radius 1 is 1.22 bits per heavy atom. The molecule has 9 nitrogen and oxygen atoms in total. The summed E-state index contributed by atoms with van der Waals surface area (Å²) in [5, 5.41) is 6.85. The Kier molecular flexibility index (Phi) is 4.66. The molecule has 0 radical (unpaired) electrons. The minimum Gasteiger partial charge on any atom is -0.382 e. The number of hydrogen-bond acceptors (Lipinski definition) is 7. The largest absolute Gasteiger partial charge is 0.382 e. The SMILES string of the molecule is Cc1cc(NC(=O)c2nc(-c3ccc(S(C)(=O)=O)cc3)cnc2N)n(C)n1. The van der Waals surface area contributed by atoms with E-state index in [-0.39, 0.29) is 16.4 Å². The summed E-state index contributed by atoms with van der Waals surface area (Å²) < 4.78 is 24.7. The highest BCUT2D eigenvalue weighted by atomic mass is 32.2. The Morgan fingerprint density at radius 3 is 2.44 bits per heavy atom. The van der Waals surface area contributed by atoms with Crippen LogP contribution in [0.4, 0.5) is 11.6 Å². The van der Waals surface area contributed by atoms with Crippen LogP contribution in [0, 0.1) is 6.92 Å². The molecule has 3 N–H and O–H groups in total. The summed E-state index contributed by atoms with van der Waals surface area (Å²) in [6.07, 6.45) is 2.56. The Labute approximate surface area is 156 Å². The maximum atomic E-state index is 12.6. The van der Waals surface area contributed by atoms with E-state index in [1.165, 1.54) is 23.0 Å². The van der Waals surface area contributed by atoms with Crippen LogP contribution in [0.15, 0.2) is 41.4 Å². The normalized spacial score (nSPS) is 11.4. The van der Waals surface area contributed by atoms with Crippen LogP contribution < -0.4 is 11.1 Å². The van der Waals surface area contributed by atoms with E-state index in [2.05, 4.69) is 20.4 Å². The Balaban J connectivity index is 1.92. The van der Waals surface area contributed by atoms with E-state index in [0.717, 1.165) is 11.9 Å². The summed E-state index contributed by atoms with van der Waals surface area (Å²) >= 11 is 0. The molecule has 10 heteroatoms. The second kappa shape index (κ2) is 6.80. The number of hydrogen-bond donors (Lipinski definition) is 2. The van der Waals surface area contributed by atoms with Gasteiger partial charge in [-0.3, -0.25) is 9.48 Å². The number of nitrogen functional groups attached to an aromatic ring is 1. The number of rotatable bonds is 4. The first kappa shape index (κ1) is 18.5. The first-order valence-corrected chi connectivity index (χ1v) is 9.79. The van der Waals surface area contributed by atoms with Gasteiger partial charge in [0.05, 0.1) is 22.5 Å². The molecule has 0 saturated heterocycles. The van der Waals surface area contributed by atoms with Crippen molar-refractivity contribution in [2.24, 2.45) is 7.05 Å². The van der Waals surface area contributed by atoms with E-state index in [0.29, 0.717) is 17.1 Å². The van der Waals surface area contributed by atoms with Crippen molar-refractivity contribution in [2.75, 3.05) is 17.3 Å². The number of anilines is 2. The van der Waals surface area contributed by atoms with Crippen molar-refractivity contribution in [3.8, 4) is 11.3 Å². The highest BCUT2D eigenvalue weighted by Crippen LogP contribution is 2.21. The molecule has 0 spiro atoms. The fourth-order valence-electron chi connectivity index (χ4n) is 2.48. The van der Waals surface area contributed by atoms with E-state index in [1.54, 1.807) is 25.2 Å². The third-order valence-electron chi connectivity index (χ3n) is 3.84. The quantitative estimate of drug-likeness (QED) is 0.693. The van der Waals surface area contributed by atoms with Crippen molar-refractivity contribution in [2.45, 2.75) is 11.8 Å². The van der Waals surface area contributed by atoms with Crippen molar-refractivity contribution in [3.63, 3.8) is 0 Å². The van der Waals surface area contributed by atoms with Gasteiger partial charge in [0.15, 0.2) is 21.3 Å². The van der Waals surface area contributed by atoms with Crippen molar-refractivity contribution in [1.82, 2.24) is 19.7 Å². The molecule has 0 atom stereocenters. The third-order valence-corrected chi connectivity index (χ3v) is 4.97. The van der Waals surface area contributed by atoms with E-state index in [4.69, 9.17) is 5.73 Å². The molecule has 2 heterocycles. The lowest BCUT2D eigenvalue weighted by atomic mass is 10.1. The van der Waals surface area contributed by atoms with Gasteiger partial charge in [-0.2, -0.15) is 5.10 Å². The van der Waals surface area contributed by atoms with Crippen LogP contribution in [0.5, 0.6) is 0 Å². The molecule has 3 aromatic rings. The van der Waals surface area contributed by atoms with Crippen molar-refractivity contribution in [3.05, 3.63) is 47.9 Å². The van der Waals surface area contributed by atoms with Crippen LogP contribution in [0.2, 0.25) is 0 Å². The second-order valence-electron chi connectivity index (χ2n) is 6.03. The minimum atomic E-state index is -3.30. The predicted octanol–water partition coefficient (Wildman–Crippen LogP) is 1.42. The second-order valence-corrected chi connectivity index (χ2v) is 8.05. The average Bonchev–Trinajstić information content (AvgIpc) is 2.91. The predicted molar refractivity (Wildman–Crippen MR) is 101 cm³/mol. The summed E-state index contributed by atoms with van der Waals surface area (Å²) in [4.78, 5) is 21.1. The summed E-state index contributed by atoms with van der Waals surface area (Å²) in [5.41, 5.74) is 7.55. The van der Waals surface area contributed by atoms with Crippen LogP contribution in [-0.4, -0.2) is 40.3 Å². The molecule has 0 aliphatic rings. The lowest BCUT2D eigenvalue weighted by molar-refractivity contribution is 0.102. The summed E-state index contributed by atoms with van der Waals surface area (Å²) in [7, 11) is -1.59. The van der Waals surface area contributed by atoms with E-state index < -0.39 is 15.7 Å². The molecule has 140 valence electrons. The van der Waals surface area contributed by atoms with E-state index in [9.17, 15) is 13.2 Å². The van der Waals surface area contributed by atoms with Gasteiger partial charge in [-0.05, 0) is 19.1 Å². The number of aromatic nitrogens is 4. The molecule has 1 aromatic carbocycles. The lowest BCUT2D eigenvalue weighted by Crippen LogP contribution is -2.18. The van der Waals surface area contributed by atoms with Gasteiger partial charge in [0, 0.05) is 24.9 Å². The zero-order chi connectivity index (χ0) is 19.8. The Morgan fingerprint density at radius 2 is 1.89 bits per heavy atom. The number of amides is 1. The smallest absolute Gasteiger partial charge is 0.279 e. The first-order valence-electron chi connectivity index (χ1n) is 7.90. The number of aryl methyl sites for hydroxylation is 2. The first-order chi connectivity index (χ1) is 12.6. The van der Waals surface area contributed by atoms with Crippen LogP contribution in [-0.2, 0) is 16.9 Å². The molecular formula is C17H18N6O3S. The van der Waals surface area contributed by atoms with Gasteiger partial charge in [-0.15, -0.1) is 0 Å². The van der Waals surface area contributed by atoms with Crippen molar-refractivity contribution < 1.29 is 13.2 Å². The molecule has 1 amide bonds. The van der Waals surface area contributed by atoms with Gasteiger partial charge >= 0.3 is 0 Å². The van der Waals surface area contributed by atoms with Gasteiger partial charge in [0.1, 0.15) is 5.82 Å². The highest BCUT2D eigenvalue weighted by molar-refractivity contribution is 7.90. The van der Waals surface area contributed by atoms with Gasteiger partial charge in [0.2, 0.25) is 0 Å². The molecule has 2 aromatic heterocycles. The molecule has 0 aliphatic heterocycles. The minimum absolute atomic E-state index is 0.0112. The standard InChI is InChI=1S/C17H18N6O3S/c1-10-8-14(23(2)22-10)21-17(24)15-16(18)19-9-13(20-15)11-4-6-12(7-5-11)27(3,25)26/h4-9H,1-3H3,(H2,18,19)(H,21,24). The van der Waals surface area contributed by atoms with Crippen LogP contribution in [0.1, 0.15) is 16.2 Å². The van der Waals surface area contributed by atoms with Gasteiger partial charge in [0.25, 0.3) is 5.91 Å². The van der Waals surface area contributed by atoms with Crippen LogP contribution in [0.25, 0.3) is 11.3 Å². The topological polar surface area (TPSA) is 133 Å². The molecule has 3 rings (SSSR count). The van der Waals surface area contributed by atoms with Crippen molar-refractivity contribution in [1.29, 1.82) is 0 Å². The van der Waals surface area contributed by atoms with E-state index >= 15 is 0 Å². The molecule has 0 fully saturated rings. The summed E-state index contributed by atoms with van der Waals surface area (Å²) in [5.74, 6) is -0.0258. The lowest BCUT2D eigenvalue weighted by Gasteiger charge is -2.08. The van der Waals surface area contributed by atoms with Crippen molar-refractivity contribution >= 4 is 27.4 Å². The maximum absolute atomic E-state index is 12.6. The summed E-state index contributed by atoms with van der Waals surface area (Å²) in [6, 6.07) is 7.86. The third kappa shape index (κ3) is 3.95. The number of sulfone groups is 1. The maximum Gasteiger partial charge on any atom is 0.279 e. The van der Waals surface area contributed by atoms with Gasteiger partial charge in [-0.1, -0.05) is 12.1 Å². The molecule has 27 heavy (non-hydrogen) atoms. The molecular weight excluding hydrogens is 368 g/mol. The Hall–Kier alpha value is -3.27. The molecule has 0 bridgehead atoms. The van der Waals surface area contributed by atoms with Gasteiger partial charge < -0.3 is 11.1 Å². The number of nitrogens with one attached hydrogen (secondary N) is 1. The zero-order valence-electron chi connectivity index (χ0n) is 15.0. The highest BCUT2D eigenvalue weighted by Gasteiger charge is 2.17. The zero-order valence-corrected chi connectivity index (χ0v) is 15.8. The van der Waals surface area contributed by atoms with Crippen LogP contribution >= 0.6 is 0 Å². The Bertz CT molecular complexity index is 1120. The molecule has 0 aliphatic carbocycles. The fraction of sp³-hybridized carbons (Fsp3) is 0.176. The monoisotopic (exact) mass is 386 g/mol.